The summed E-state index contributed by atoms with van der Waals surface area (Å²) in [5.41, 5.74) is 0.428. The molecule has 4 amide bonds. The first kappa shape index (κ1) is 15.5. The second-order valence-corrected chi connectivity index (χ2v) is 4.03. The first-order valence-electron chi connectivity index (χ1n) is 6.07. The SMILES string of the molecule is CCNC(=O)N(C)C(=O)NC(C(=O)O)c1ccccc1. The minimum absolute atomic E-state index is 0.373. The Balaban J connectivity index is 2.79. The van der Waals surface area contributed by atoms with E-state index in [1.807, 2.05) is 0 Å². The van der Waals surface area contributed by atoms with Crippen LogP contribution in [0.5, 0.6) is 0 Å². The van der Waals surface area contributed by atoms with Crippen LogP contribution in [-0.4, -0.2) is 41.6 Å². The van der Waals surface area contributed by atoms with E-state index in [1.165, 1.54) is 7.05 Å². The fourth-order valence-corrected chi connectivity index (χ4v) is 1.52. The lowest BCUT2D eigenvalue weighted by molar-refractivity contribution is -0.139. The number of nitrogens with zero attached hydrogens (tertiary/aromatic N) is 1. The number of carbonyl (C=O) groups excluding carboxylic acids is 2. The summed E-state index contributed by atoms with van der Waals surface area (Å²) in [5, 5.41) is 13.9. The minimum Gasteiger partial charge on any atom is -0.479 e. The topological polar surface area (TPSA) is 98.7 Å². The van der Waals surface area contributed by atoms with Crippen molar-refractivity contribution in [3.8, 4) is 0 Å². The molecule has 1 atom stereocenters. The minimum atomic E-state index is -1.21. The Morgan fingerprint density at radius 2 is 1.80 bits per heavy atom. The van der Waals surface area contributed by atoms with Gasteiger partial charge in [0.05, 0.1) is 0 Å². The molecule has 1 aromatic carbocycles. The smallest absolute Gasteiger partial charge is 0.330 e. The number of benzene rings is 1. The van der Waals surface area contributed by atoms with Gasteiger partial charge in [-0.25, -0.2) is 19.3 Å². The van der Waals surface area contributed by atoms with Crippen LogP contribution in [0.4, 0.5) is 9.59 Å². The number of amides is 4. The van der Waals surface area contributed by atoms with Crippen LogP contribution in [-0.2, 0) is 4.79 Å². The number of hydrogen-bond acceptors (Lipinski definition) is 3. The van der Waals surface area contributed by atoms with E-state index < -0.39 is 24.1 Å². The molecule has 7 heteroatoms. The Bertz CT molecular complexity index is 490. The summed E-state index contributed by atoms with van der Waals surface area (Å²) in [4.78, 5) is 35.3. The predicted molar refractivity (Wildman–Crippen MR) is 72.2 cm³/mol. The van der Waals surface area contributed by atoms with E-state index in [0.717, 1.165) is 4.90 Å². The molecular formula is C13H17N3O4. The van der Waals surface area contributed by atoms with Gasteiger partial charge in [0, 0.05) is 13.6 Å². The first-order chi connectivity index (χ1) is 9.47. The highest BCUT2D eigenvalue weighted by Crippen LogP contribution is 2.12. The maximum absolute atomic E-state index is 11.8. The molecule has 0 fully saturated rings. The molecule has 0 saturated carbocycles. The molecule has 0 saturated heterocycles. The van der Waals surface area contributed by atoms with Crippen LogP contribution in [0, 0.1) is 0 Å². The quantitative estimate of drug-likeness (QED) is 0.770. The predicted octanol–water partition coefficient (Wildman–Crippen LogP) is 1.18. The van der Waals surface area contributed by atoms with Gasteiger partial charge in [-0.2, -0.15) is 0 Å². The third-order valence-electron chi connectivity index (χ3n) is 2.58. The summed E-state index contributed by atoms with van der Waals surface area (Å²) >= 11 is 0. The summed E-state index contributed by atoms with van der Waals surface area (Å²) in [6, 6.07) is 5.67. The number of aliphatic carboxylic acids is 1. The molecule has 7 nitrogen and oxygen atoms in total. The highest BCUT2D eigenvalue weighted by molar-refractivity contribution is 5.95. The third-order valence-corrected chi connectivity index (χ3v) is 2.58. The van der Waals surface area contributed by atoms with Crippen LogP contribution in [0.3, 0.4) is 0 Å². The van der Waals surface area contributed by atoms with Crippen molar-refractivity contribution in [1.82, 2.24) is 15.5 Å². The Morgan fingerprint density at radius 1 is 1.20 bits per heavy atom. The molecule has 0 bridgehead atoms. The van der Waals surface area contributed by atoms with Crippen molar-refractivity contribution in [1.29, 1.82) is 0 Å². The zero-order chi connectivity index (χ0) is 15.1. The van der Waals surface area contributed by atoms with Crippen LogP contribution in [0.2, 0.25) is 0 Å². The number of carbonyl (C=O) groups is 3. The van der Waals surface area contributed by atoms with Crippen LogP contribution in [0.1, 0.15) is 18.5 Å². The van der Waals surface area contributed by atoms with Gasteiger partial charge >= 0.3 is 18.0 Å². The lowest BCUT2D eigenvalue weighted by Crippen LogP contribution is -2.48. The van der Waals surface area contributed by atoms with E-state index in [2.05, 4.69) is 10.6 Å². The van der Waals surface area contributed by atoms with Gasteiger partial charge in [-0.15, -0.1) is 0 Å². The summed E-state index contributed by atoms with van der Waals surface area (Å²) in [6.45, 7) is 2.09. The molecule has 0 aromatic heterocycles. The molecule has 1 unspecified atom stereocenters. The monoisotopic (exact) mass is 279 g/mol. The fourth-order valence-electron chi connectivity index (χ4n) is 1.52. The van der Waals surface area contributed by atoms with E-state index in [9.17, 15) is 14.4 Å². The van der Waals surface area contributed by atoms with Gasteiger partial charge < -0.3 is 15.7 Å². The Hall–Kier alpha value is -2.57. The normalized spacial score (nSPS) is 11.3. The third kappa shape index (κ3) is 3.98. The maximum Gasteiger partial charge on any atom is 0.330 e. The summed E-state index contributed by atoms with van der Waals surface area (Å²) in [6.07, 6.45) is 0. The molecule has 0 spiro atoms. The molecule has 0 aliphatic rings. The average molecular weight is 279 g/mol. The van der Waals surface area contributed by atoms with Gasteiger partial charge in [-0.3, -0.25) is 0 Å². The van der Waals surface area contributed by atoms with Gasteiger partial charge in [-0.05, 0) is 12.5 Å². The molecule has 0 radical (unpaired) electrons. The van der Waals surface area contributed by atoms with Crippen LogP contribution >= 0.6 is 0 Å². The summed E-state index contributed by atoms with van der Waals surface area (Å²) in [7, 11) is 1.27. The zero-order valence-electron chi connectivity index (χ0n) is 11.3. The van der Waals surface area contributed by atoms with Crippen LogP contribution in [0.25, 0.3) is 0 Å². The van der Waals surface area contributed by atoms with Crippen molar-refractivity contribution in [2.45, 2.75) is 13.0 Å². The van der Waals surface area contributed by atoms with Crippen molar-refractivity contribution in [2.75, 3.05) is 13.6 Å². The molecule has 0 aliphatic heterocycles. The van der Waals surface area contributed by atoms with Gasteiger partial charge in [-0.1, -0.05) is 30.3 Å². The van der Waals surface area contributed by atoms with Crippen molar-refractivity contribution < 1.29 is 19.5 Å². The fraction of sp³-hybridized carbons (Fsp3) is 0.308. The number of hydrogen-bond donors (Lipinski definition) is 3. The molecule has 0 aliphatic carbocycles. The van der Waals surface area contributed by atoms with E-state index >= 15 is 0 Å². The zero-order valence-corrected chi connectivity index (χ0v) is 11.3. The first-order valence-corrected chi connectivity index (χ1v) is 6.07. The molecule has 108 valence electrons. The van der Waals surface area contributed by atoms with Gasteiger partial charge in [0.1, 0.15) is 0 Å². The van der Waals surface area contributed by atoms with Gasteiger partial charge in [0.15, 0.2) is 6.04 Å². The average Bonchev–Trinajstić information content (AvgIpc) is 2.44. The summed E-state index contributed by atoms with van der Waals surface area (Å²) < 4.78 is 0. The lowest BCUT2D eigenvalue weighted by atomic mass is 10.1. The van der Waals surface area contributed by atoms with E-state index in [-0.39, 0.29) is 0 Å². The number of nitrogens with one attached hydrogen (secondary N) is 2. The van der Waals surface area contributed by atoms with Crippen molar-refractivity contribution in [3.63, 3.8) is 0 Å². The Kier molecular flexibility index (Phi) is 5.52. The van der Waals surface area contributed by atoms with E-state index in [1.54, 1.807) is 37.3 Å². The molecule has 20 heavy (non-hydrogen) atoms. The standard InChI is InChI=1S/C13H17N3O4/c1-3-14-12(19)16(2)13(20)15-10(11(17)18)9-7-5-4-6-8-9/h4-8,10H,3H2,1-2H3,(H,14,19)(H,15,20)(H,17,18). The van der Waals surface area contributed by atoms with Crippen molar-refractivity contribution in [2.24, 2.45) is 0 Å². The van der Waals surface area contributed by atoms with Crippen LogP contribution in [0.15, 0.2) is 30.3 Å². The summed E-state index contributed by atoms with van der Waals surface area (Å²) in [5.74, 6) is -1.20. The highest BCUT2D eigenvalue weighted by atomic mass is 16.4. The number of rotatable bonds is 4. The second kappa shape index (κ2) is 7.13. The van der Waals surface area contributed by atoms with Crippen molar-refractivity contribution >= 4 is 18.0 Å². The molecule has 0 heterocycles. The van der Waals surface area contributed by atoms with E-state index in [4.69, 9.17) is 5.11 Å². The van der Waals surface area contributed by atoms with E-state index in [0.29, 0.717) is 12.1 Å². The molecule has 3 N–H and O–H groups in total. The van der Waals surface area contributed by atoms with Crippen molar-refractivity contribution in [3.05, 3.63) is 35.9 Å². The Morgan fingerprint density at radius 3 is 2.30 bits per heavy atom. The number of urea groups is 2. The maximum atomic E-state index is 11.8. The number of carboxylic acids is 1. The number of imide groups is 1. The molecular weight excluding hydrogens is 262 g/mol. The van der Waals surface area contributed by atoms with Gasteiger partial charge in [0.25, 0.3) is 0 Å². The van der Waals surface area contributed by atoms with Gasteiger partial charge in [0.2, 0.25) is 0 Å². The van der Waals surface area contributed by atoms with Crippen LogP contribution < -0.4 is 10.6 Å². The molecule has 1 rings (SSSR count). The molecule has 1 aromatic rings. The lowest BCUT2D eigenvalue weighted by Gasteiger charge is -2.20. The highest BCUT2D eigenvalue weighted by Gasteiger charge is 2.25. The second-order valence-electron chi connectivity index (χ2n) is 4.03. The number of carboxylic acid groups (broad SMARTS) is 1. The largest absolute Gasteiger partial charge is 0.479 e. The Labute approximate surface area is 116 Å².